The molecule has 1 aliphatic rings. The maximum atomic E-state index is 6.37. The van der Waals surface area contributed by atoms with Crippen molar-refractivity contribution in [1.29, 1.82) is 0 Å². The van der Waals surface area contributed by atoms with Gasteiger partial charge in [0.25, 0.3) is 0 Å². The van der Waals surface area contributed by atoms with Crippen LogP contribution in [-0.2, 0) is 0 Å². The van der Waals surface area contributed by atoms with Gasteiger partial charge in [0.2, 0.25) is 0 Å². The van der Waals surface area contributed by atoms with Crippen molar-refractivity contribution in [3.63, 3.8) is 0 Å². The van der Waals surface area contributed by atoms with Gasteiger partial charge >= 0.3 is 0 Å². The largest absolute Gasteiger partial charge is 0.494 e. The Labute approximate surface area is 116 Å². The Morgan fingerprint density at radius 3 is 2.84 bits per heavy atom. The Kier molecular flexibility index (Phi) is 5.23. The zero-order valence-corrected chi connectivity index (χ0v) is 12.1. The first kappa shape index (κ1) is 14.4. The Morgan fingerprint density at radius 2 is 2.16 bits per heavy atom. The van der Waals surface area contributed by atoms with Crippen LogP contribution < -0.4 is 10.5 Å². The average molecular weight is 262 g/mol. The molecule has 0 spiro atoms. The minimum absolute atomic E-state index is 0.0401. The molecule has 2 atom stereocenters. The van der Waals surface area contributed by atoms with Gasteiger partial charge < -0.3 is 15.4 Å². The van der Waals surface area contributed by atoms with Crippen LogP contribution in [0.4, 0.5) is 0 Å². The molecule has 1 heterocycles. The van der Waals surface area contributed by atoms with E-state index in [2.05, 4.69) is 17.9 Å². The van der Waals surface area contributed by atoms with E-state index >= 15 is 0 Å². The van der Waals surface area contributed by atoms with Crippen LogP contribution in [0, 0.1) is 5.92 Å². The quantitative estimate of drug-likeness (QED) is 0.856. The molecular weight excluding hydrogens is 236 g/mol. The van der Waals surface area contributed by atoms with Crippen LogP contribution in [0.2, 0.25) is 0 Å². The fourth-order valence-electron chi connectivity index (χ4n) is 2.86. The van der Waals surface area contributed by atoms with Crippen LogP contribution in [0.1, 0.15) is 38.3 Å². The van der Waals surface area contributed by atoms with Crippen molar-refractivity contribution in [1.82, 2.24) is 4.90 Å². The first-order valence-electron chi connectivity index (χ1n) is 7.44. The highest BCUT2D eigenvalue weighted by Crippen LogP contribution is 2.26. The fraction of sp³-hybridized carbons (Fsp3) is 0.625. The van der Waals surface area contributed by atoms with E-state index in [0.717, 1.165) is 23.8 Å². The van der Waals surface area contributed by atoms with Crippen LogP contribution >= 0.6 is 0 Å². The molecule has 0 aliphatic carbocycles. The Morgan fingerprint density at radius 1 is 1.37 bits per heavy atom. The summed E-state index contributed by atoms with van der Waals surface area (Å²) in [6.07, 6.45) is 2.59. The van der Waals surface area contributed by atoms with Gasteiger partial charge in [-0.1, -0.05) is 31.5 Å². The number of ether oxygens (including phenoxy) is 1. The summed E-state index contributed by atoms with van der Waals surface area (Å²) in [5.41, 5.74) is 7.50. The lowest BCUT2D eigenvalue weighted by atomic mass is 10.1. The van der Waals surface area contributed by atoms with Crippen molar-refractivity contribution >= 4 is 0 Å². The van der Waals surface area contributed by atoms with Crippen molar-refractivity contribution in [3.05, 3.63) is 29.8 Å². The van der Waals surface area contributed by atoms with Crippen molar-refractivity contribution in [2.45, 2.75) is 32.7 Å². The number of rotatable bonds is 6. The second-order valence-corrected chi connectivity index (χ2v) is 5.40. The molecule has 2 unspecified atom stereocenters. The zero-order valence-electron chi connectivity index (χ0n) is 12.1. The molecule has 3 nitrogen and oxygen atoms in total. The van der Waals surface area contributed by atoms with Crippen LogP contribution in [-0.4, -0.2) is 31.1 Å². The van der Waals surface area contributed by atoms with E-state index in [1.807, 2.05) is 25.1 Å². The molecular formula is C16H26N2O. The van der Waals surface area contributed by atoms with E-state index in [1.165, 1.54) is 25.9 Å². The highest BCUT2D eigenvalue weighted by Gasteiger charge is 2.23. The number of likely N-dealkylation sites (tertiary alicyclic amines) is 1. The maximum Gasteiger partial charge on any atom is 0.124 e. The second kappa shape index (κ2) is 6.92. The lowest BCUT2D eigenvalue weighted by molar-refractivity contribution is 0.293. The van der Waals surface area contributed by atoms with E-state index in [4.69, 9.17) is 10.5 Å². The summed E-state index contributed by atoms with van der Waals surface area (Å²) < 4.78 is 5.67. The molecule has 1 aromatic rings. The monoisotopic (exact) mass is 262 g/mol. The summed E-state index contributed by atoms with van der Waals surface area (Å²) in [6.45, 7) is 8.28. The lowest BCUT2D eigenvalue weighted by Gasteiger charge is -2.22. The van der Waals surface area contributed by atoms with Crippen LogP contribution in [0.15, 0.2) is 24.3 Å². The third kappa shape index (κ3) is 3.71. The molecule has 1 aromatic carbocycles. The van der Waals surface area contributed by atoms with Crippen molar-refractivity contribution in [2.75, 3.05) is 26.2 Å². The van der Waals surface area contributed by atoms with Crippen molar-refractivity contribution < 1.29 is 4.74 Å². The summed E-state index contributed by atoms with van der Waals surface area (Å²) in [5.74, 6) is 1.79. The van der Waals surface area contributed by atoms with Crippen molar-refractivity contribution in [2.24, 2.45) is 11.7 Å². The predicted octanol–water partition coefficient (Wildman–Crippen LogP) is 2.82. The van der Waals surface area contributed by atoms with E-state index in [1.54, 1.807) is 0 Å². The maximum absolute atomic E-state index is 6.37. The number of nitrogens with zero attached hydrogens (tertiary/aromatic N) is 1. The Balaban J connectivity index is 1.98. The van der Waals surface area contributed by atoms with Crippen LogP contribution in [0.5, 0.6) is 5.75 Å². The first-order valence-corrected chi connectivity index (χ1v) is 7.44. The summed E-state index contributed by atoms with van der Waals surface area (Å²) in [4.78, 5) is 2.49. The topological polar surface area (TPSA) is 38.5 Å². The number of hydrogen-bond donors (Lipinski definition) is 1. The molecule has 1 saturated heterocycles. The van der Waals surface area contributed by atoms with Crippen LogP contribution in [0.3, 0.4) is 0 Å². The van der Waals surface area contributed by atoms with Crippen LogP contribution in [0.25, 0.3) is 0 Å². The molecule has 19 heavy (non-hydrogen) atoms. The van der Waals surface area contributed by atoms with E-state index < -0.39 is 0 Å². The molecule has 106 valence electrons. The number of benzene rings is 1. The summed E-state index contributed by atoms with van der Waals surface area (Å²) >= 11 is 0. The minimum Gasteiger partial charge on any atom is -0.494 e. The highest BCUT2D eigenvalue weighted by atomic mass is 16.5. The molecule has 1 aliphatic heterocycles. The number of para-hydroxylation sites is 1. The fourth-order valence-corrected chi connectivity index (χ4v) is 2.86. The molecule has 0 bridgehead atoms. The molecule has 2 N–H and O–H groups in total. The van der Waals surface area contributed by atoms with Gasteiger partial charge in [-0.15, -0.1) is 0 Å². The molecule has 0 saturated carbocycles. The van der Waals surface area contributed by atoms with Gasteiger partial charge in [-0.3, -0.25) is 0 Å². The Hall–Kier alpha value is -1.06. The van der Waals surface area contributed by atoms with E-state index in [-0.39, 0.29) is 6.04 Å². The van der Waals surface area contributed by atoms with Gasteiger partial charge in [0.15, 0.2) is 0 Å². The zero-order chi connectivity index (χ0) is 13.7. The number of hydrogen-bond acceptors (Lipinski definition) is 3. The third-order valence-electron chi connectivity index (χ3n) is 4.02. The van der Waals surface area contributed by atoms with E-state index in [9.17, 15) is 0 Å². The molecule has 2 rings (SSSR count). The second-order valence-electron chi connectivity index (χ2n) is 5.40. The van der Waals surface area contributed by atoms with Gasteiger partial charge in [-0.05, 0) is 31.9 Å². The summed E-state index contributed by atoms with van der Waals surface area (Å²) in [7, 11) is 0. The van der Waals surface area contributed by atoms with Crippen molar-refractivity contribution in [3.8, 4) is 5.75 Å². The SMILES string of the molecule is CCOc1ccccc1C(N)CN1CCC(CC)C1. The van der Waals surface area contributed by atoms with Gasteiger partial charge in [0, 0.05) is 24.7 Å². The standard InChI is InChI=1S/C16H26N2O/c1-3-13-9-10-18(11-13)12-15(17)14-7-5-6-8-16(14)19-4-2/h5-8,13,15H,3-4,9-12,17H2,1-2H3. The van der Waals surface area contributed by atoms with Gasteiger partial charge in [-0.25, -0.2) is 0 Å². The minimum atomic E-state index is 0.0401. The average Bonchev–Trinajstić information content (AvgIpc) is 2.87. The highest BCUT2D eigenvalue weighted by molar-refractivity contribution is 5.36. The first-order chi connectivity index (χ1) is 9.24. The summed E-state index contributed by atoms with van der Waals surface area (Å²) in [6, 6.07) is 8.18. The molecule has 0 radical (unpaired) electrons. The third-order valence-corrected chi connectivity index (χ3v) is 4.02. The molecule has 3 heteroatoms. The predicted molar refractivity (Wildman–Crippen MR) is 79.4 cm³/mol. The normalized spacial score (nSPS) is 21.5. The molecule has 0 amide bonds. The van der Waals surface area contributed by atoms with Gasteiger partial charge in [-0.2, -0.15) is 0 Å². The van der Waals surface area contributed by atoms with Gasteiger partial charge in [0.05, 0.1) is 6.61 Å². The van der Waals surface area contributed by atoms with Gasteiger partial charge in [0.1, 0.15) is 5.75 Å². The Bertz CT molecular complexity index is 394. The lowest BCUT2D eigenvalue weighted by Crippen LogP contribution is -2.30. The van der Waals surface area contributed by atoms with E-state index in [0.29, 0.717) is 6.61 Å². The number of nitrogens with two attached hydrogens (primary N) is 1. The smallest absolute Gasteiger partial charge is 0.124 e. The summed E-state index contributed by atoms with van der Waals surface area (Å²) in [5, 5.41) is 0. The molecule has 1 fully saturated rings. The molecule has 0 aromatic heterocycles.